The second-order valence-corrected chi connectivity index (χ2v) is 7.45. The van der Waals surface area contributed by atoms with Gasteiger partial charge in [-0.1, -0.05) is 25.9 Å². The van der Waals surface area contributed by atoms with E-state index in [2.05, 4.69) is 46.4 Å². The molecule has 132 valence electrons. The highest BCUT2D eigenvalue weighted by molar-refractivity contribution is 7.97. The van der Waals surface area contributed by atoms with Crippen LogP contribution in [0.4, 0.5) is 4.79 Å². The number of rotatable bonds is 6. The first-order chi connectivity index (χ1) is 11.3. The van der Waals surface area contributed by atoms with Crippen molar-refractivity contribution < 1.29 is 9.32 Å². The molecule has 2 aromatic rings. The molecule has 2 amide bonds. The quantitative estimate of drug-likeness (QED) is 0.827. The molecular formula is C15H24N6O2S. The molecular weight excluding hydrogens is 328 g/mol. The minimum atomic E-state index is -0.216. The summed E-state index contributed by atoms with van der Waals surface area (Å²) < 4.78 is 5.08. The molecule has 2 heterocycles. The van der Waals surface area contributed by atoms with Crippen LogP contribution < -0.4 is 5.32 Å². The Bertz CT molecular complexity index is 676. The Kier molecular flexibility index (Phi) is 5.87. The Balaban J connectivity index is 1.84. The third-order valence-electron chi connectivity index (χ3n) is 3.33. The van der Waals surface area contributed by atoms with Gasteiger partial charge in [0.25, 0.3) is 0 Å². The topological polar surface area (TPSA) is 99.9 Å². The summed E-state index contributed by atoms with van der Waals surface area (Å²) in [6, 6.07) is 1.77. The predicted octanol–water partition coefficient (Wildman–Crippen LogP) is 2.29. The molecule has 0 saturated carbocycles. The SMILES string of the molecule is CSCc1noc(CNC(=O)N(C)Cc2cc(C(C)(C)C)n[nH]2)n1. The number of H-pyrrole nitrogens is 1. The minimum absolute atomic E-state index is 0.0258. The molecule has 0 radical (unpaired) electrons. The molecule has 2 rings (SSSR count). The molecule has 0 spiro atoms. The van der Waals surface area contributed by atoms with Gasteiger partial charge < -0.3 is 14.7 Å². The molecule has 9 heteroatoms. The van der Waals surface area contributed by atoms with Crippen molar-refractivity contribution in [2.75, 3.05) is 13.3 Å². The minimum Gasteiger partial charge on any atom is -0.337 e. The number of nitrogens with zero attached hydrogens (tertiary/aromatic N) is 4. The van der Waals surface area contributed by atoms with Crippen LogP contribution in [0.15, 0.2) is 10.6 Å². The van der Waals surface area contributed by atoms with Crippen LogP contribution >= 0.6 is 11.8 Å². The average Bonchev–Trinajstić information content (AvgIpc) is 3.14. The van der Waals surface area contributed by atoms with Gasteiger partial charge in [0, 0.05) is 12.5 Å². The van der Waals surface area contributed by atoms with Gasteiger partial charge in [-0.25, -0.2) is 4.79 Å². The fourth-order valence-electron chi connectivity index (χ4n) is 1.99. The first-order valence-electron chi connectivity index (χ1n) is 7.63. The first kappa shape index (κ1) is 18.3. The largest absolute Gasteiger partial charge is 0.337 e. The molecule has 0 aliphatic rings. The van der Waals surface area contributed by atoms with Crippen LogP contribution in [0.2, 0.25) is 0 Å². The molecule has 0 fully saturated rings. The number of carbonyl (C=O) groups excluding carboxylic acids is 1. The maximum absolute atomic E-state index is 12.1. The standard InChI is InChI=1S/C15H24N6O2S/c1-15(2,3)11-6-10(18-19-11)8-21(4)14(22)16-7-13-17-12(9-24-5)20-23-13/h6H,7-9H2,1-5H3,(H,16,22)(H,18,19). The van der Waals surface area contributed by atoms with Gasteiger partial charge >= 0.3 is 6.03 Å². The lowest BCUT2D eigenvalue weighted by molar-refractivity contribution is 0.204. The maximum Gasteiger partial charge on any atom is 0.317 e. The molecule has 0 unspecified atom stereocenters. The van der Waals surface area contributed by atoms with Crippen LogP contribution in [-0.4, -0.2) is 44.6 Å². The summed E-state index contributed by atoms with van der Waals surface area (Å²) in [5, 5.41) is 13.9. The summed E-state index contributed by atoms with van der Waals surface area (Å²) in [4.78, 5) is 17.9. The van der Waals surface area contributed by atoms with Gasteiger partial charge in [0.1, 0.15) is 0 Å². The van der Waals surface area contributed by atoms with Crippen LogP contribution in [-0.2, 0) is 24.3 Å². The Hall–Kier alpha value is -2.03. The van der Waals surface area contributed by atoms with Crippen LogP contribution in [0.5, 0.6) is 0 Å². The van der Waals surface area contributed by atoms with Crippen molar-refractivity contribution in [1.29, 1.82) is 0 Å². The molecule has 0 aliphatic heterocycles. The monoisotopic (exact) mass is 352 g/mol. The van der Waals surface area contributed by atoms with Crippen LogP contribution in [0, 0.1) is 0 Å². The Morgan fingerprint density at radius 1 is 1.46 bits per heavy atom. The van der Waals surface area contributed by atoms with E-state index >= 15 is 0 Å². The molecule has 2 aromatic heterocycles. The van der Waals surface area contributed by atoms with Crippen molar-refractivity contribution in [2.45, 2.75) is 45.0 Å². The number of aromatic amines is 1. The highest BCUT2D eigenvalue weighted by atomic mass is 32.2. The van der Waals surface area contributed by atoms with Gasteiger partial charge in [-0.05, 0) is 12.3 Å². The Morgan fingerprint density at radius 2 is 2.21 bits per heavy atom. The van der Waals surface area contributed by atoms with E-state index in [1.165, 1.54) is 0 Å². The molecule has 2 N–H and O–H groups in total. The van der Waals surface area contributed by atoms with E-state index in [1.807, 2.05) is 12.3 Å². The molecule has 0 aliphatic carbocycles. The summed E-state index contributed by atoms with van der Waals surface area (Å²) >= 11 is 1.61. The molecule has 0 saturated heterocycles. The lowest BCUT2D eigenvalue weighted by atomic mass is 9.92. The van der Waals surface area contributed by atoms with E-state index in [4.69, 9.17) is 4.52 Å². The van der Waals surface area contributed by atoms with Crippen molar-refractivity contribution >= 4 is 17.8 Å². The van der Waals surface area contributed by atoms with Gasteiger partial charge in [0.2, 0.25) is 5.89 Å². The van der Waals surface area contributed by atoms with Crippen molar-refractivity contribution in [3.05, 3.63) is 29.2 Å². The average molecular weight is 352 g/mol. The van der Waals surface area contributed by atoms with Gasteiger partial charge in [-0.15, -0.1) is 0 Å². The number of aromatic nitrogens is 4. The molecule has 0 aromatic carbocycles. The van der Waals surface area contributed by atoms with E-state index in [0.29, 0.717) is 24.0 Å². The second-order valence-electron chi connectivity index (χ2n) is 6.58. The van der Waals surface area contributed by atoms with Crippen LogP contribution in [0.3, 0.4) is 0 Å². The van der Waals surface area contributed by atoms with Crippen LogP contribution in [0.25, 0.3) is 0 Å². The number of carbonyl (C=O) groups is 1. The smallest absolute Gasteiger partial charge is 0.317 e. The summed E-state index contributed by atoms with van der Waals surface area (Å²) in [5.41, 5.74) is 1.83. The first-order valence-corrected chi connectivity index (χ1v) is 9.03. The van der Waals surface area contributed by atoms with Gasteiger partial charge in [0.05, 0.1) is 30.2 Å². The lowest BCUT2D eigenvalue weighted by Crippen LogP contribution is -2.36. The Labute approximate surface area is 145 Å². The zero-order chi connectivity index (χ0) is 17.7. The third-order valence-corrected chi connectivity index (χ3v) is 3.87. The number of amides is 2. The third kappa shape index (κ3) is 4.98. The van der Waals surface area contributed by atoms with Gasteiger partial charge in [-0.3, -0.25) is 5.10 Å². The second kappa shape index (κ2) is 7.69. The fraction of sp³-hybridized carbons (Fsp3) is 0.600. The number of hydrogen-bond acceptors (Lipinski definition) is 6. The van der Waals surface area contributed by atoms with Crippen LogP contribution in [0.1, 0.15) is 43.9 Å². The van der Waals surface area contributed by atoms with E-state index in [1.54, 1.807) is 23.7 Å². The summed E-state index contributed by atoms with van der Waals surface area (Å²) in [6.45, 7) is 6.94. The number of hydrogen-bond donors (Lipinski definition) is 2. The normalized spacial score (nSPS) is 11.5. The summed E-state index contributed by atoms with van der Waals surface area (Å²) in [6.07, 6.45) is 1.97. The lowest BCUT2D eigenvalue weighted by Gasteiger charge is -2.16. The number of nitrogens with one attached hydrogen (secondary N) is 2. The van der Waals surface area contributed by atoms with Gasteiger partial charge in [0.15, 0.2) is 5.82 Å². The maximum atomic E-state index is 12.1. The van der Waals surface area contributed by atoms with E-state index in [-0.39, 0.29) is 18.0 Å². The van der Waals surface area contributed by atoms with E-state index < -0.39 is 0 Å². The zero-order valence-electron chi connectivity index (χ0n) is 14.7. The zero-order valence-corrected chi connectivity index (χ0v) is 15.5. The van der Waals surface area contributed by atoms with Gasteiger partial charge in [-0.2, -0.15) is 21.8 Å². The van der Waals surface area contributed by atoms with E-state index in [9.17, 15) is 4.79 Å². The van der Waals surface area contributed by atoms with E-state index in [0.717, 1.165) is 11.4 Å². The molecule has 0 bridgehead atoms. The highest BCUT2D eigenvalue weighted by Crippen LogP contribution is 2.20. The summed E-state index contributed by atoms with van der Waals surface area (Å²) in [5.74, 6) is 1.72. The predicted molar refractivity (Wildman–Crippen MR) is 92.5 cm³/mol. The molecule has 8 nitrogen and oxygen atoms in total. The van der Waals surface area contributed by atoms with Crippen molar-refractivity contribution in [1.82, 2.24) is 30.6 Å². The molecule has 24 heavy (non-hydrogen) atoms. The molecule has 0 atom stereocenters. The summed E-state index contributed by atoms with van der Waals surface area (Å²) in [7, 11) is 1.72. The number of urea groups is 1. The highest BCUT2D eigenvalue weighted by Gasteiger charge is 2.18. The van der Waals surface area contributed by atoms with Crippen molar-refractivity contribution in [3.8, 4) is 0 Å². The van der Waals surface area contributed by atoms with Crippen molar-refractivity contribution in [2.24, 2.45) is 0 Å². The van der Waals surface area contributed by atoms with Crippen molar-refractivity contribution in [3.63, 3.8) is 0 Å². The number of thioether (sulfide) groups is 1. The Morgan fingerprint density at radius 3 is 2.83 bits per heavy atom. The fourth-order valence-corrected chi connectivity index (χ4v) is 2.37.